The van der Waals surface area contributed by atoms with Crippen molar-refractivity contribution in [3.05, 3.63) is 0 Å². The third-order valence-corrected chi connectivity index (χ3v) is 29.1. The van der Waals surface area contributed by atoms with Gasteiger partial charge in [-0.15, -0.1) is 0 Å². The van der Waals surface area contributed by atoms with Gasteiger partial charge in [0.05, 0.1) is 66.2 Å². The molecule has 88 heavy (non-hydrogen) atoms. The van der Waals surface area contributed by atoms with Crippen LogP contribution in [0, 0.1) is 113 Å². The van der Waals surface area contributed by atoms with E-state index >= 15 is 0 Å². The molecular weight excluding hydrogens is 1330 g/mol. The monoisotopic (exact) mass is 1430 g/mol. The molecule has 33 heteroatoms. The van der Waals surface area contributed by atoms with Gasteiger partial charge in [-0.2, -0.15) is 52.6 Å². The van der Waals surface area contributed by atoms with E-state index in [0.717, 1.165) is 58.2 Å². The Labute approximate surface area is 536 Å². The van der Waals surface area contributed by atoms with Crippen LogP contribution in [0.5, 0.6) is 0 Å². The highest BCUT2D eigenvalue weighted by molar-refractivity contribution is 6.77. The second-order valence-electron chi connectivity index (χ2n) is 26.1. The van der Waals surface area contributed by atoms with Crippen molar-refractivity contribution in [1.29, 1.82) is 52.6 Å². The van der Waals surface area contributed by atoms with Gasteiger partial charge >= 0.3 is 35.6 Å². The van der Waals surface area contributed by atoms with E-state index in [1.54, 1.807) is 58.3 Å². The second kappa shape index (κ2) is 58.3. The van der Waals surface area contributed by atoms with E-state index in [1.807, 2.05) is 24.3 Å². The summed E-state index contributed by atoms with van der Waals surface area (Å²) in [4.78, 5) is 0. The third kappa shape index (κ3) is 124. The Morgan fingerprint density at radius 2 is 0.557 bits per heavy atom. The van der Waals surface area contributed by atoms with Crippen molar-refractivity contribution in [2.24, 2.45) is 0 Å². The lowest BCUT2D eigenvalue weighted by atomic mass is 10.4. The fourth-order valence-corrected chi connectivity index (χ4v) is 11.6. The van der Waals surface area contributed by atoms with Gasteiger partial charge in [0, 0.05) is 100 Å². The van der Waals surface area contributed by atoms with Crippen LogP contribution in [0.2, 0.25) is 170 Å². The summed E-state index contributed by atoms with van der Waals surface area (Å²) >= 11 is 0. The van der Waals surface area contributed by atoms with Gasteiger partial charge in [0.1, 0.15) is 0 Å². The molecule has 0 radical (unpaired) electrons. The highest BCUT2D eigenvalue weighted by Gasteiger charge is 2.44. The van der Waals surface area contributed by atoms with Crippen LogP contribution in [0.4, 0.5) is 53.4 Å². The molecule has 0 amide bonds. The van der Waals surface area contributed by atoms with Gasteiger partial charge in [-0.1, -0.05) is 92.7 Å². The Bertz CT molecular complexity index is 1870. The van der Waals surface area contributed by atoms with Crippen molar-refractivity contribution in [2.45, 2.75) is 287 Å². The zero-order valence-electron chi connectivity index (χ0n) is 56.8. The summed E-state index contributed by atoms with van der Waals surface area (Å²) < 4.78 is 156. The average Bonchev–Trinajstić information content (AvgIpc) is 3.32. The first-order valence-electron chi connectivity index (χ1n) is 28.9. The minimum Gasteiger partial charge on any atom is -0.314 e. The topological polar surface area (TPSA) is 238 Å². The fraction of sp³-hybridized carbons (Fsp3) is 0.818. The minimum absolute atomic E-state index is 0.0181. The molecule has 0 fully saturated rings. The molecule has 0 aliphatic rings. The van der Waals surface area contributed by atoms with Crippen LogP contribution >= 0.6 is 0 Å². The number of nitrogens with zero attached hydrogens (tertiary/aromatic N) is 10. The van der Waals surface area contributed by atoms with Gasteiger partial charge in [-0.05, 0) is 113 Å². The first-order valence-corrected chi connectivity index (χ1v) is 57.4. The van der Waals surface area contributed by atoms with Gasteiger partial charge < -0.3 is 12.3 Å². The van der Waals surface area contributed by atoms with E-state index in [0.29, 0.717) is 43.3 Å². The van der Waals surface area contributed by atoms with Crippen LogP contribution in [0.3, 0.4) is 0 Å². The molecule has 0 N–H and O–H groups in total. The smallest absolute Gasteiger partial charge is 0.314 e. The summed E-state index contributed by atoms with van der Waals surface area (Å²) in [6.07, 6.45) is 5.48. The van der Waals surface area contributed by atoms with Crippen LogP contribution in [-0.4, -0.2) is 85.1 Å². The third-order valence-electron chi connectivity index (χ3n) is 11.4. The summed E-state index contributed by atoms with van der Waals surface area (Å²) in [5.41, 5.74) is -1.44. The van der Waals surface area contributed by atoms with E-state index in [9.17, 15) is 53.4 Å². The standard InChI is InChI=1S/2C7H15NSi.2C6H12FNSi.C6H13NSi.2C5H9F2NSi.C5H10FNSi.2C4H6F3NSi/c1-7(5-6-8)9(2,3)4;1-9(2,3)7-5-4-6-8;1-6(4-5-8)9(2,3)7;1-9(2,7)6-4-3-5-8;1-8(2,3)6-4-5-7;1-5(3-4-8)9(2,6)7;1-9(6,7)5-3-2-4-8;1-8(2,6)5-3-4-7;1-4(2-3-8)9(5,6)7;5-9(6,7)4-2-1-3-8/h7H,5H2,1-4H3;4-5,7H2,1-3H3;6H,4H2,1-3H3;3-4,6H2,1-2H3;4,6H2,1-3H3;5H,3H2,1-2H3;2-3,5H2,1H3;3,5H2,1-2H3;4H,2H2,1H3;1-2,4H2. The van der Waals surface area contributed by atoms with Gasteiger partial charge in [-0.25, -0.2) is 24.6 Å². The molecule has 4 unspecified atom stereocenters. The Kier molecular flexibility index (Phi) is 70.1. The van der Waals surface area contributed by atoms with Crippen LogP contribution in [-0.2, 0) is 0 Å². The molecule has 0 rings (SSSR count). The zero-order chi connectivity index (χ0) is 72.5. The number of unbranched alkanes of at least 4 members (excludes halogenated alkanes) is 4. The predicted molar refractivity (Wildman–Crippen MR) is 359 cm³/mol. The number of rotatable bonds is 24. The van der Waals surface area contributed by atoms with E-state index in [2.05, 4.69) is 84.1 Å². The first kappa shape index (κ1) is 106. The van der Waals surface area contributed by atoms with Crippen LogP contribution in [0.1, 0.15) is 118 Å². The van der Waals surface area contributed by atoms with Gasteiger partial charge in [0.25, 0.3) is 0 Å². The molecule has 0 heterocycles. The summed E-state index contributed by atoms with van der Waals surface area (Å²) in [5.74, 6) is 0. The molecule has 0 saturated heterocycles. The lowest BCUT2D eigenvalue weighted by molar-refractivity contribution is 0.440. The molecule has 0 aliphatic heterocycles. The molecule has 0 saturated carbocycles. The van der Waals surface area contributed by atoms with Crippen LogP contribution in [0.15, 0.2) is 0 Å². The fourth-order valence-electron chi connectivity index (χ4n) is 4.31. The van der Waals surface area contributed by atoms with Crippen molar-refractivity contribution in [3.63, 3.8) is 0 Å². The Morgan fingerprint density at radius 3 is 0.727 bits per heavy atom. The van der Waals surface area contributed by atoms with Gasteiger partial charge in [0.2, 0.25) is 25.2 Å². The molecule has 508 valence electrons. The van der Waals surface area contributed by atoms with Crippen molar-refractivity contribution < 1.29 is 53.4 Å². The normalized spacial score (nSPS) is 12.4. The van der Waals surface area contributed by atoms with Crippen LogP contribution < -0.4 is 0 Å². The zero-order valence-corrected chi connectivity index (χ0v) is 66.8. The summed E-state index contributed by atoms with van der Waals surface area (Å²) in [5, 5.41) is 80.9. The highest BCUT2D eigenvalue weighted by atomic mass is 28.5. The van der Waals surface area contributed by atoms with E-state index in [4.69, 9.17) is 52.6 Å². The quantitative estimate of drug-likeness (QED) is 0.0383. The number of hydrogen-bond acceptors (Lipinski definition) is 10. The van der Waals surface area contributed by atoms with Crippen molar-refractivity contribution in [3.8, 4) is 60.7 Å². The second-order valence-corrected chi connectivity index (χ2v) is 64.4. The van der Waals surface area contributed by atoms with Crippen LogP contribution in [0.25, 0.3) is 0 Å². The molecule has 0 aromatic carbocycles. The Morgan fingerprint density at radius 1 is 0.284 bits per heavy atom. The minimum atomic E-state index is -5.50. The molecule has 4 atom stereocenters. The summed E-state index contributed by atoms with van der Waals surface area (Å²) in [6, 6.07) is 21.9. The predicted octanol–water partition coefficient (Wildman–Crippen LogP) is 23.4. The van der Waals surface area contributed by atoms with Crippen molar-refractivity contribution in [2.75, 3.05) is 0 Å². The summed E-state index contributed by atoms with van der Waals surface area (Å²) in [6.45, 7) is 39.0. The maximum Gasteiger partial charge on any atom is 0.620 e. The maximum atomic E-state index is 13.0. The highest BCUT2D eigenvalue weighted by Crippen LogP contribution is 2.29. The Balaban J connectivity index is -0.0000000960. The average molecular weight is 1440 g/mol. The molecule has 0 aliphatic carbocycles. The number of nitriles is 10. The first-order chi connectivity index (χ1) is 39.3. The van der Waals surface area contributed by atoms with Gasteiger partial charge in [-0.3, -0.25) is 16.4 Å². The summed E-state index contributed by atoms with van der Waals surface area (Å²) in [7, 11) is -28.7. The number of hydrogen-bond donors (Lipinski definition) is 0. The molecule has 0 aromatic heterocycles. The van der Waals surface area contributed by atoms with E-state index in [1.165, 1.54) is 19.0 Å². The lowest BCUT2D eigenvalue weighted by Gasteiger charge is -2.21. The molecule has 0 bridgehead atoms. The SMILES string of the molecule is CC(CC#N)[Si](C)(C)C.CC(CC#N)[Si](C)(C)F.CC(CC#N)[Si](C)(F)F.CC(CC#N)[Si](F)(F)F.C[Si](C)(C)CCC#N.C[Si](C)(C)CCCC#N.C[Si](C)(F)CCC#N.C[Si](C)(F)CCCC#N.C[Si](F)(F)CCCC#N.N#CCCC[Si](F)(F)F. The van der Waals surface area contributed by atoms with E-state index in [-0.39, 0.29) is 37.3 Å². The van der Waals surface area contributed by atoms with E-state index < -0.39 is 109 Å². The Hall–Kier alpha value is -3.84. The molecular formula is C55H107F13N10Si10. The largest absolute Gasteiger partial charge is 0.620 e. The van der Waals surface area contributed by atoms with Crippen molar-refractivity contribution in [1.82, 2.24) is 0 Å². The molecule has 0 aromatic rings. The molecule has 0 spiro atoms. The lowest BCUT2D eigenvalue weighted by Crippen LogP contribution is -2.25. The molecule has 10 nitrogen and oxygen atoms in total. The number of halogens is 13. The van der Waals surface area contributed by atoms with Crippen molar-refractivity contribution >= 4 is 85.1 Å². The van der Waals surface area contributed by atoms with Gasteiger partial charge in [0.15, 0.2) is 0 Å². The maximum absolute atomic E-state index is 13.0.